The molecule has 0 aliphatic heterocycles. The lowest BCUT2D eigenvalue weighted by Crippen LogP contribution is -2.21. The summed E-state index contributed by atoms with van der Waals surface area (Å²) in [5.74, 6) is -0.0151. The predicted molar refractivity (Wildman–Crippen MR) is 58.8 cm³/mol. The molecule has 3 nitrogen and oxygen atoms in total. The minimum Gasteiger partial charge on any atom is -0.356 e. The van der Waals surface area contributed by atoms with Crippen LogP contribution in [0.2, 0.25) is 0 Å². The lowest BCUT2D eigenvalue weighted by Gasteiger charge is -2.04. The fourth-order valence-corrected chi connectivity index (χ4v) is 1.42. The highest BCUT2D eigenvalue weighted by molar-refractivity contribution is 5.77. The van der Waals surface area contributed by atoms with Crippen molar-refractivity contribution < 1.29 is 9.59 Å². The smallest absolute Gasteiger partial charge is 0.216 e. The van der Waals surface area contributed by atoms with Crippen LogP contribution in [0.15, 0.2) is 24.3 Å². The Morgan fingerprint density at radius 2 is 2.13 bits per heavy atom. The van der Waals surface area contributed by atoms with Gasteiger partial charge in [-0.05, 0) is 18.4 Å². The van der Waals surface area contributed by atoms with Crippen LogP contribution in [-0.2, 0) is 11.2 Å². The molecule has 1 aromatic carbocycles. The Kier molecular flexibility index (Phi) is 4.54. The van der Waals surface area contributed by atoms with E-state index in [4.69, 9.17) is 0 Å². The standard InChI is InChI=1S/C12H15NO2/c1-10(15)13-8-4-7-11-5-2-3-6-12(11)9-14/h2-3,5-6,9H,4,7-8H2,1H3,(H,13,15). The molecule has 0 fully saturated rings. The minimum absolute atomic E-state index is 0.0151. The van der Waals surface area contributed by atoms with Gasteiger partial charge in [0.05, 0.1) is 0 Å². The van der Waals surface area contributed by atoms with Crippen LogP contribution in [0.3, 0.4) is 0 Å². The largest absolute Gasteiger partial charge is 0.356 e. The normalized spacial score (nSPS) is 9.67. The zero-order valence-corrected chi connectivity index (χ0v) is 8.82. The van der Waals surface area contributed by atoms with E-state index in [9.17, 15) is 9.59 Å². The zero-order valence-electron chi connectivity index (χ0n) is 8.82. The van der Waals surface area contributed by atoms with Gasteiger partial charge in [0.25, 0.3) is 0 Å². The van der Waals surface area contributed by atoms with Crippen molar-refractivity contribution in [3.63, 3.8) is 0 Å². The van der Waals surface area contributed by atoms with Gasteiger partial charge in [0.2, 0.25) is 5.91 Å². The first kappa shape index (κ1) is 11.4. The molecular formula is C12H15NO2. The highest BCUT2D eigenvalue weighted by atomic mass is 16.1. The van der Waals surface area contributed by atoms with Gasteiger partial charge < -0.3 is 5.32 Å². The number of amides is 1. The van der Waals surface area contributed by atoms with Gasteiger partial charge in [0, 0.05) is 19.0 Å². The molecule has 0 saturated carbocycles. The summed E-state index contributed by atoms with van der Waals surface area (Å²) in [6.07, 6.45) is 2.54. The van der Waals surface area contributed by atoms with E-state index in [1.165, 1.54) is 6.92 Å². The molecule has 0 bridgehead atoms. The summed E-state index contributed by atoms with van der Waals surface area (Å²) in [6.45, 7) is 2.15. The number of aryl methyl sites for hydroxylation is 1. The predicted octanol–water partition coefficient (Wildman–Crippen LogP) is 1.57. The first-order chi connectivity index (χ1) is 7.24. The summed E-state index contributed by atoms with van der Waals surface area (Å²) in [4.78, 5) is 21.3. The molecule has 1 aromatic rings. The lowest BCUT2D eigenvalue weighted by atomic mass is 10.0. The third kappa shape index (κ3) is 3.94. The number of hydrogen-bond donors (Lipinski definition) is 1. The van der Waals surface area contributed by atoms with Crippen LogP contribution < -0.4 is 5.32 Å². The highest BCUT2D eigenvalue weighted by Crippen LogP contribution is 2.08. The van der Waals surface area contributed by atoms with Crippen molar-refractivity contribution in [2.45, 2.75) is 19.8 Å². The number of benzene rings is 1. The molecule has 1 amide bonds. The van der Waals surface area contributed by atoms with Crippen molar-refractivity contribution in [1.29, 1.82) is 0 Å². The van der Waals surface area contributed by atoms with Gasteiger partial charge in [-0.1, -0.05) is 24.3 Å². The molecule has 0 heterocycles. The monoisotopic (exact) mass is 205 g/mol. The Morgan fingerprint density at radius 3 is 2.80 bits per heavy atom. The molecule has 80 valence electrons. The molecule has 15 heavy (non-hydrogen) atoms. The van der Waals surface area contributed by atoms with E-state index in [2.05, 4.69) is 5.32 Å². The van der Waals surface area contributed by atoms with E-state index in [1.807, 2.05) is 18.2 Å². The van der Waals surface area contributed by atoms with E-state index in [1.54, 1.807) is 6.07 Å². The second-order valence-corrected chi connectivity index (χ2v) is 3.40. The van der Waals surface area contributed by atoms with Crippen LogP contribution in [0.5, 0.6) is 0 Å². The molecule has 0 aliphatic carbocycles. The second kappa shape index (κ2) is 5.96. The highest BCUT2D eigenvalue weighted by Gasteiger charge is 1.99. The van der Waals surface area contributed by atoms with Crippen molar-refractivity contribution in [3.05, 3.63) is 35.4 Å². The number of rotatable bonds is 5. The van der Waals surface area contributed by atoms with Crippen molar-refractivity contribution in [2.75, 3.05) is 6.54 Å². The Morgan fingerprint density at radius 1 is 1.40 bits per heavy atom. The summed E-state index contributed by atoms with van der Waals surface area (Å²) in [6, 6.07) is 7.51. The zero-order chi connectivity index (χ0) is 11.1. The van der Waals surface area contributed by atoms with E-state index >= 15 is 0 Å². The minimum atomic E-state index is -0.0151. The van der Waals surface area contributed by atoms with Gasteiger partial charge in [-0.3, -0.25) is 9.59 Å². The number of carbonyl (C=O) groups excluding carboxylic acids is 2. The van der Waals surface area contributed by atoms with Crippen LogP contribution in [-0.4, -0.2) is 18.7 Å². The number of nitrogens with one attached hydrogen (secondary N) is 1. The molecule has 0 radical (unpaired) electrons. The topological polar surface area (TPSA) is 46.2 Å². The van der Waals surface area contributed by atoms with Crippen molar-refractivity contribution in [3.8, 4) is 0 Å². The van der Waals surface area contributed by atoms with Gasteiger partial charge >= 0.3 is 0 Å². The van der Waals surface area contributed by atoms with Gasteiger partial charge in [-0.25, -0.2) is 0 Å². The number of aldehydes is 1. The van der Waals surface area contributed by atoms with E-state index in [-0.39, 0.29) is 5.91 Å². The quantitative estimate of drug-likeness (QED) is 0.586. The molecule has 3 heteroatoms. The summed E-state index contributed by atoms with van der Waals surface area (Å²) in [5.41, 5.74) is 1.78. The maximum absolute atomic E-state index is 10.7. The van der Waals surface area contributed by atoms with Crippen LogP contribution >= 0.6 is 0 Å². The van der Waals surface area contributed by atoms with Crippen LogP contribution in [0.4, 0.5) is 0 Å². The SMILES string of the molecule is CC(=O)NCCCc1ccccc1C=O. The fraction of sp³-hybridized carbons (Fsp3) is 0.333. The summed E-state index contributed by atoms with van der Waals surface area (Å²) in [5, 5.41) is 2.73. The molecule has 0 aliphatic rings. The summed E-state index contributed by atoms with van der Waals surface area (Å²) < 4.78 is 0. The van der Waals surface area contributed by atoms with E-state index in [0.29, 0.717) is 6.54 Å². The Balaban J connectivity index is 2.43. The van der Waals surface area contributed by atoms with Gasteiger partial charge in [-0.15, -0.1) is 0 Å². The Labute approximate surface area is 89.5 Å². The third-order valence-corrected chi connectivity index (χ3v) is 2.18. The van der Waals surface area contributed by atoms with E-state index in [0.717, 1.165) is 30.3 Å². The maximum atomic E-state index is 10.7. The molecular weight excluding hydrogens is 190 g/mol. The van der Waals surface area contributed by atoms with Gasteiger partial charge in [0.1, 0.15) is 6.29 Å². The average molecular weight is 205 g/mol. The second-order valence-electron chi connectivity index (χ2n) is 3.40. The van der Waals surface area contributed by atoms with Crippen LogP contribution in [0, 0.1) is 0 Å². The molecule has 0 saturated heterocycles. The molecule has 1 N–H and O–H groups in total. The molecule has 0 atom stereocenters. The third-order valence-electron chi connectivity index (χ3n) is 2.18. The lowest BCUT2D eigenvalue weighted by molar-refractivity contribution is -0.118. The summed E-state index contributed by atoms with van der Waals surface area (Å²) >= 11 is 0. The fourth-order valence-electron chi connectivity index (χ4n) is 1.42. The first-order valence-electron chi connectivity index (χ1n) is 5.01. The van der Waals surface area contributed by atoms with E-state index < -0.39 is 0 Å². The maximum Gasteiger partial charge on any atom is 0.216 e. The molecule has 1 rings (SSSR count). The molecule has 0 unspecified atom stereocenters. The average Bonchev–Trinajstić information content (AvgIpc) is 2.24. The molecule has 0 spiro atoms. The van der Waals surface area contributed by atoms with Crippen LogP contribution in [0.25, 0.3) is 0 Å². The number of hydrogen-bond acceptors (Lipinski definition) is 2. The molecule has 0 aromatic heterocycles. The van der Waals surface area contributed by atoms with Crippen molar-refractivity contribution in [1.82, 2.24) is 5.32 Å². The number of carbonyl (C=O) groups is 2. The van der Waals surface area contributed by atoms with Gasteiger partial charge in [-0.2, -0.15) is 0 Å². The summed E-state index contributed by atoms with van der Waals surface area (Å²) in [7, 11) is 0. The Bertz CT molecular complexity index is 347. The van der Waals surface area contributed by atoms with Crippen molar-refractivity contribution in [2.24, 2.45) is 0 Å². The van der Waals surface area contributed by atoms with Gasteiger partial charge in [0.15, 0.2) is 0 Å². The Hall–Kier alpha value is -1.64. The van der Waals surface area contributed by atoms with Crippen molar-refractivity contribution >= 4 is 12.2 Å². The first-order valence-corrected chi connectivity index (χ1v) is 5.01. The van der Waals surface area contributed by atoms with Crippen LogP contribution in [0.1, 0.15) is 29.3 Å².